The zero-order valence-electron chi connectivity index (χ0n) is 9.36. The van der Waals surface area contributed by atoms with Crippen LogP contribution in [0.15, 0.2) is 0 Å². The van der Waals surface area contributed by atoms with Crippen LogP contribution < -0.4 is 0 Å². The van der Waals surface area contributed by atoms with E-state index in [2.05, 4.69) is 17.0 Å². The molecule has 1 aromatic rings. The first kappa shape index (κ1) is 11.2. The maximum absolute atomic E-state index is 9.49. The molecule has 0 aromatic carbocycles. The van der Waals surface area contributed by atoms with E-state index in [1.165, 1.54) is 0 Å². The molecule has 0 bridgehead atoms. The lowest BCUT2D eigenvalue weighted by atomic mass is 10.2. The zero-order chi connectivity index (χ0) is 10.7. The number of aryl methyl sites for hydroxylation is 2. The van der Waals surface area contributed by atoms with E-state index in [0.29, 0.717) is 0 Å². The van der Waals surface area contributed by atoms with Gasteiger partial charge >= 0.3 is 0 Å². The van der Waals surface area contributed by atoms with Crippen LogP contribution in [0.3, 0.4) is 0 Å². The highest BCUT2D eigenvalue weighted by Gasteiger charge is 2.16. The molecular weight excluding hydrogens is 178 g/mol. The van der Waals surface area contributed by atoms with Gasteiger partial charge in [0.05, 0.1) is 12.1 Å². The molecule has 0 fully saturated rings. The summed E-state index contributed by atoms with van der Waals surface area (Å²) < 4.78 is 1.84. The van der Waals surface area contributed by atoms with Crippen LogP contribution in [-0.2, 0) is 12.8 Å². The molecule has 4 nitrogen and oxygen atoms in total. The van der Waals surface area contributed by atoms with Gasteiger partial charge in [-0.2, -0.15) is 5.10 Å². The molecule has 0 aliphatic carbocycles. The lowest BCUT2D eigenvalue weighted by Gasteiger charge is -2.16. The summed E-state index contributed by atoms with van der Waals surface area (Å²) in [7, 11) is 0. The number of hydrogen-bond donors (Lipinski definition) is 1. The number of aromatic nitrogens is 3. The fraction of sp³-hybridized carbons (Fsp3) is 0.800. The number of hydrogen-bond acceptors (Lipinski definition) is 3. The lowest BCUT2D eigenvalue weighted by Crippen LogP contribution is -2.21. The highest BCUT2D eigenvalue weighted by Crippen LogP contribution is 2.13. The number of aliphatic hydroxyl groups excluding tert-OH is 1. The molecule has 0 aliphatic rings. The van der Waals surface area contributed by atoms with Crippen molar-refractivity contribution in [2.45, 2.75) is 52.7 Å². The predicted octanol–water partition coefficient (Wildman–Crippen LogP) is 1.34. The van der Waals surface area contributed by atoms with Gasteiger partial charge in [-0.1, -0.05) is 13.8 Å². The molecule has 0 spiro atoms. The smallest absolute Gasteiger partial charge is 0.150 e. The molecule has 1 aromatic heterocycles. The topological polar surface area (TPSA) is 50.9 Å². The average Bonchev–Trinajstić information content (AvgIpc) is 2.59. The van der Waals surface area contributed by atoms with Gasteiger partial charge in [0.2, 0.25) is 0 Å². The largest absolute Gasteiger partial charge is 0.391 e. The van der Waals surface area contributed by atoms with Crippen LogP contribution in [0.1, 0.15) is 45.4 Å². The number of aliphatic hydroxyl groups is 1. The summed E-state index contributed by atoms with van der Waals surface area (Å²) in [6.07, 6.45) is 1.29. The van der Waals surface area contributed by atoms with Gasteiger partial charge in [0.25, 0.3) is 0 Å². The van der Waals surface area contributed by atoms with Crippen molar-refractivity contribution in [1.82, 2.24) is 14.8 Å². The van der Waals surface area contributed by atoms with E-state index in [4.69, 9.17) is 0 Å². The second-order valence-electron chi connectivity index (χ2n) is 3.58. The second kappa shape index (κ2) is 4.55. The Balaban J connectivity index is 2.99. The van der Waals surface area contributed by atoms with E-state index in [1.54, 1.807) is 6.92 Å². The van der Waals surface area contributed by atoms with E-state index in [1.807, 2.05) is 18.5 Å². The standard InChI is InChI=1S/C10H19N3O/c1-5-9-11-10(6-2)13(12-9)7(3)8(4)14/h7-8,14H,5-6H2,1-4H3. The van der Waals surface area contributed by atoms with Crippen LogP contribution in [0.25, 0.3) is 0 Å². The van der Waals surface area contributed by atoms with Crippen LogP contribution in [0.5, 0.6) is 0 Å². The van der Waals surface area contributed by atoms with E-state index in [-0.39, 0.29) is 6.04 Å². The van der Waals surface area contributed by atoms with Crippen molar-refractivity contribution in [3.8, 4) is 0 Å². The van der Waals surface area contributed by atoms with Crippen molar-refractivity contribution in [2.24, 2.45) is 0 Å². The molecule has 14 heavy (non-hydrogen) atoms. The third-order valence-corrected chi connectivity index (χ3v) is 2.46. The van der Waals surface area contributed by atoms with Crippen molar-refractivity contribution in [1.29, 1.82) is 0 Å². The monoisotopic (exact) mass is 197 g/mol. The summed E-state index contributed by atoms with van der Waals surface area (Å²) in [4.78, 5) is 4.39. The highest BCUT2D eigenvalue weighted by molar-refractivity contribution is 4.95. The maximum Gasteiger partial charge on any atom is 0.150 e. The Labute approximate surface area is 85.0 Å². The van der Waals surface area contributed by atoms with Gasteiger partial charge in [-0.15, -0.1) is 0 Å². The first-order chi connectivity index (χ1) is 6.60. The average molecular weight is 197 g/mol. The van der Waals surface area contributed by atoms with Gasteiger partial charge in [-0.25, -0.2) is 9.67 Å². The van der Waals surface area contributed by atoms with E-state index < -0.39 is 6.10 Å². The Morgan fingerprint density at radius 3 is 2.36 bits per heavy atom. The van der Waals surface area contributed by atoms with Gasteiger partial charge in [-0.05, 0) is 13.8 Å². The maximum atomic E-state index is 9.49. The minimum absolute atomic E-state index is 0.00208. The van der Waals surface area contributed by atoms with Crippen LogP contribution in [0.4, 0.5) is 0 Å². The first-order valence-electron chi connectivity index (χ1n) is 5.22. The molecule has 80 valence electrons. The Bertz CT molecular complexity index is 294. The van der Waals surface area contributed by atoms with Crippen molar-refractivity contribution >= 4 is 0 Å². The fourth-order valence-corrected chi connectivity index (χ4v) is 1.33. The summed E-state index contributed by atoms with van der Waals surface area (Å²) in [5, 5.41) is 13.9. The van der Waals surface area contributed by atoms with Crippen LogP contribution in [0.2, 0.25) is 0 Å². The summed E-state index contributed by atoms with van der Waals surface area (Å²) in [6.45, 7) is 7.82. The van der Waals surface area contributed by atoms with Crippen molar-refractivity contribution in [3.63, 3.8) is 0 Å². The summed E-state index contributed by atoms with van der Waals surface area (Å²) in [5.74, 6) is 1.81. The molecule has 1 rings (SSSR count). The normalized spacial score (nSPS) is 15.5. The van der Waals surface area contributed by atoms with Crippen LogP contribution >= 0.6 is 0 Å². The van der Waals surface area contributed by atoms with Gasteiger partial charge < -0.3 is 5.11 Å². The Morgan fingerprint density at radius 1 is 1.29 bits per heavy atom. The molecule has 0 radical (unpaired) electrons. The Kier molecular flexibility index (Phi) is 3.63. The Hall–Kier alpha value is -0.900. The minimum atomic E-state index is -0.397. The third-order valence-electron chi connectivity index (χ3n) is 2.46. The number of rotatable bonds is 4. The molecule has 0 aliphatic heterocycles. The highest BCUT2D eigenvalue weighted by atomic mass is 16.3. The van der Waals surface area contributed by atoms with Crippen molar-refractivity contribution < 1.29 is 5.11 Å². The van der Waals surface area contributed by atoms with Gasteiger partial charge in [0.15, 0.2) is 5.82 Å². The van der Waals surface area contributed by atoms with E-state index >= 15 is 0 Å². The summed E-state index contributed by atoms with van der Waals surface area (Å²) >= 11 is 0. The van der Waals surface area contributed by atoms with Crippen LogP contribution in [0, 0.1) is 0 Å². The minimum Gasteiger partial charge on any atom is -0.391 e. The molecule has 2 unspecified atom stereocenters. The molecule has 4 heteroatoms. The Morgan fingerprint density at radius 2 is 1.93 bits per heavy atom. The first-order valence-corrected chi connectivity index (χ1v) is 5.22. The van der Waals surface area contributed by atoms with Gasteiger partial charge in [-0.3, -0.25) is 0 Å². The summed E-state index contributed by atoms with van der Waals surface area (Å²) in [6, 6.07) is -0.00208. The van der Waals surface area contributed by atoms with Gasteiger partial charge in [0, 0.05) is 12.8 Å². The van der Waals surface area contributed by atoms with E-state index in [0.717, 1.165) is 24.5 Å². The zero-order valence-corrected chi connectivity index (χ0v) is 9.36. The SMILES string of the molecule is CCc1nc(CC)n(C(C)C(C)O)n1. The predicted molar refractivity (Wildman–Crippen MR) is 55.2 cm³/mol. The lowest BCUT2D eigenvalue weighted by molar-refractivity contribution is 0.130. The van der Waals surface area contributed by atoms with E-state index in [9.17, 15) is 5.11 Å². The summed E-state index contributed by atoms with van der Waals surface area (Å²) in [5.41, 5.74) is 0. The van der Waals surface area contributed by atoms with Gasteiger partial charge in [0.1, 0.15) is 5.82 Å². The molecule has 0 saturated carbocycles. The molecule has 1 heterocycles. The molecule has 1 N–H and O–H groups in total. The van der Waals surface area contributed by atoms with Crippen LogP contribution in [-0.4, -0.2) is 26.0 Å². The molecule has 0 saturated heterocycles. The van der Waals surface area contributed by atoms with Crippen molar-refractivity contribution in [2.75, 3.05) is 0 Å². The molecular formula is C10H19N3O. The molecule has 2 atom stereocenters. The second-order valence-corrected chi connectivity index (χ2v) is 3.58. The van der Waals surface area contributed by atoms with Crippen molar-refractivity contribution in [3.05, 3.63) is 11.6 Å². The number of nitrogens with zero attached hydrogens (tertiary/aromatic N) is 3. The quantitative estimate of drug-likeness (QED) is 0.792. The third kappa shape index (κ3) is 2.12. The fourth-order valence-electron chi connectivity index (χ4n) is 1.33. The molecule has 0 amide bonds.